The SMILES string of the molecule is O=C(O)C/C=C\c1ccccc1Br. The predicted molar refractivity (Wildman–Crippen MR) is 55.4 cm³/mol. The lowest BCUT2D eigenvalue weighted by Gasteiger charge is -1.95. The van der Waals surface area contributed by atoms with Gasteiger partial charge in [0.05, 0.1) is 6.42 Å². The maximum absolute atomic E-state index is 10.2. The molecule has 1 aromatic rings. The summed E-state index contributed by atoms with van der Waals surface area (Å²) in [6.45, 7) is 0. The van der Waals surface area contributed by atoms with E-state index in [4.69, 9.17) is 5.11 Å². The summed E-state index contributed by atoms with van der Waals surface area (Å²) >= 11 is 3.36. The molecule has 0 fully saturated rings. The van der Waals surface area contributed by atoms with Crippen LogP contribution in [0.5, 0.6) is 0 Å². The molecule has 0 atom stereocenters. The number of carbonyl (C=O) groups is 1. The van der Waals surface area contributed by atoms with Crippen LogP contribution in [0.15, 0.2) is 34.8 Å². The van der Waals surface area contributed by atoms with Crippen LogP contribution in [0.1, 0.15) is 12.0 Å². The summed E-state index contributed by atoms with van der Waals surface area (Å²) in [6, 6.07) is 7.66. The Morgan fingerprint density at radius 3 is 2.77 bits per heavy atom. The molecule has 0 aliphatic rings. The second-order valence-electron chi connectivity index (χ2n) is 2.52. The molecule has 1 N–H and O–H groups in total. The highest BCUT2D eigenvalue weighted by Crippen LogP contribution is 2.17. The number of benzene rings is 1. The molecule has 0 radical (unpaired) electrons. The zero-order valence-corrected chi connectivity index (χ0v) is 8.49. The number of carboxylic acids is 1. The maximum atomic E-state index is 10.2. The molecule has 0 bridgehead atoms. The number of aliphatic carboxylic acids is 1. The standard InChI is InChI=1S/C10H9BrO2/c11-9-6-2-1-4-8(9)5-3-7-10(12)13/h1-6H,7H2,(H,12,13)/b5-3-. The molecule has 0 aliphatic heterocycles. The van der Waals surface area contributed by atoms with Crippen LogP contribution in [-0.2, 0) is 4.79 Å². The number of hydrogen-bond donors (Lipinski definition) is 1. The van der Waals surface area contributed by atoms with Gasteiger partial charge >= 0.3 is 5.97 Å². The van der Waals surface area contributed by atoms with E-state index in [1.165, 1.54) is 0 Å². The quantitative estimate of drug-likeness (QED) is 0.883. The summed E-state index contributed by atoms with van der Waals surface area (Å²) in [5, 5.41) is 8.40. The van der Waals surface area contributed by atoms with Gasteiger partial charge in [0.25, 0.3) is 0 Å². The molecule has 1 aromatic carbocycles. The Hall–Kier alpha value is -1.09. The van der Waals surface area contributed by atoms with Gasteiger partial charge in [0, 0.05) is 4.47 Å². The molecule has 0 heterocycles. The molecule has 0 amide bonds. The highest BCUT2D eigenvalue weighted by molar-refractivity contribution is 9.10. The zero-order chi connectivity index (χ0) is 9.68. The lowest BCUT2D eigenvalue weighted by atomic mass is 10.2. The van der Waals surface area contributed by atoms with Crippen LogP contribution in [-0.4, -0.2) is 11.1 Å². The van der Waals surface area contributed by atoms with E-state index in [0.29, 0.717) is 0 Å². The Morgan fingerprint density at radius 1 is 1.46 bits per heavy atom. The third-order valence-corrected chi connectivity index (χ3v) is 2.22. The molecular formula is C10H9BrO2. The molecule has 3 heteroatoms. The summed E-state index contributed by atoms with van der Waals surface area (Å²) in [5.74, 6) is -0.816. The minimum atomic E-state index is -0.816. The molecule has 0 unspecified atom stereocenters. The van der Waals surface area contributed by atoms with Gasteiger partial charge in [-0.1, -0.05) is 46.3 Å². The van der Waals surface area contributed by atoms with Crippen LogP contribution < -0.4 is 0 Å². The first-order valence-corrected chi connectivity index (χ1v) is 4.62. The Balaban J connectivity index is 2.68. The first kappa shape index (κ1) is 9.99. The second-order valence-corrected chi connectivity index (χ2v) is 3.38. The molecule has 1 rings (SSSR count). The Labute approximate surface area is 85.0 Å². The summed E-state index contributed by atoms with van der Waals surface area (Å²) in [6.07, 6.45) is 3.47. The average Bonchev–Trinajstić information content (AvgIpc) is 2.08. The number of rotatable bonds is 3. The number of halogens is 1. The van der Waals surface area contributed by atoms with Crippen LogP contribution in [0.25, 0.3) is 6.08 Å². The first-order chi connectivity index (χ1) is 6.20. The van der Waals surface area contributed by atoms with E-state index >= 15 is 0 Å². The van der Waals surface area contributed by atoms with Gasteiger partial charge < -0.3 is 5.11 Å². The molecule has 0 aromatic heterocycles. The van der Waals surface area contributed by atoms with Crippen molar-refractivity contribution in [3.63, 3.8) is 0 Å². The van der Waals surface area contributed by atoms with E-state index < -0.39 is 5.97 Å². The van der Waals surface area contributed by atoms with E-state index in [0.717, 1.165) is 10.0 Å². The first-order valence-electron chi connectivity index (χ1n) is 3.83. The maximum Gasteiger partial charge on any atom is 0.307 e. The molecule has 0 saturated heterocycles. The third kappa shape index (κ3) is 3.42. The minimum Gasteiger partial charge on any atom is -0.481 e. The van der Waals surface area contributed by atoms with E-state index in [-0.39, 0.29) is 6.42 Å². The van der Waals surface area contributed by atoms with Gasteiger partial charge in [-0.3, -0.25) is 4.79 Å². The Morgan fingerprint density at radius 2 is 2.15 bits per heavy atom. The molecule has 0 spiro atoms. The third-order valence-electron chi connectivity index (χ3n) is 1.50. The summed E-state index contributed by atoms with van der Waals surface area (Å²) in [5.41, 5.74) is 0.990. The van der Waals surface area contributed by atoms with Crippen LogP contribution in [0.2, 0.25) is 0 Å². The van der Waals surface area contributed by atoms with Crippen LogP contribution in [0, 0.1) is 0 Å². The van der Waals surface area contributed by atoms with Crippen LogP contribution >= 0.6 is 15.9 Å². The lowest BCUT2D eigenvalue weighted by molar-refractivity contribution is -0.135. The number of carboxylic acid groups (broad SMARTS) is 1. The van der Waals surface area contributed by atoms with Crippen LogP contribution in [0.3, 0.4) is 0 Å². The molecule has 68 valence electrons. The van der Waals surface area contributed by atoms with Gasteiger partial charge in [-0.15, -0.1) is 0 Å². The summed E-state index contributed by atoms with van der Waals surface area (Å²) in [4.78, 5) is 10.2. The van der Waals surface area contributed by atoms with Gasteiger partial charge in [-0.2, -0.15) is 0 Å². The van der Waals surface area contributed by atoms with Crippen molar-refractivity contribution in [2.75, 3.05) is 0 Å². The van der Waals surface area contributed by atoms with Gasteiger partial charge in [0.15, 0.2) is 0 Å². The van der Waals surface area contributed by atoms with Crippen molar-refractivity contribution in [3.8, 4) is 0 Å². The highest BCUT2D eigenvalue weighted by atomic mass is 79.9. The van der Waals surface area contributed by atoms with Crippen molar-refractivity contribution in [2.45, 2.75) is 6.42 Å². The van der Waals surface area contributed by atoms with E-state index in [1.807, 2.05) is 24.3 Å². The fraction of sp³-hybridized carbons (Fsp3) is 0.100. The van der Waals surface area contributed by atoms with Gasteiger partial charge in [0.1, 0.15) is 0 Å². The molecule has 13 heavy (non-hydrogen) atoms. The van der Waals surface area contributed by atoms with Crippen molar-refractivity contribution in [1.29, 1.82) is 0 Å². The molecule has 2 nitrogen and oxygen atoms in total. The normalized spacial score (nSPS) is 10.5. The van der Waals surface area contributed by atoms with Crippen molar-refractivity contribution in [2.24, 2.45) is 0 Å². The van der Waals surface area contributed by atoms with Gasteiger partial charge in [-0.05, 0) is 11.6 Å². The van der Waals surface area contributed by atoms with E-state index in [2.05, 4.69) is 15.9 Å². The largest absolute Gasteiger partial charge is 0.481 e. The van der Waals surface area contributed by atoms with Crippen LogP contribution in [0.4, 0.5) is 0 Å². The van der Waals surface area contributed by atoms with Gasteiger partial charge in [0.2, 0.25) is 0 Å². The summed E-state index contributed by atoms with van der Waals surface area (Å²) in [7, 11) is 0. The van der Waals surface area contributed by atoms with Crippen molar-refractivity contribution in [1.82, 2.24) is 0 Å². The average molecular weight is 241 g/mol. The van der Waals surface area contributed by atoms with Crippen molar-refractivity contribution in [3.05, 3.63) is 40.4 Å². The fourth-order valence-corrected chi connectivity index (χ4v) is 1.31. The van der Waals surface area contributed by atoms with Gasteiger partial charge in [-0.25, -0.2) is 0 Å². The lowest BCUT2D eigenvalue weighted by Crippen LogP contribution is -1.89. The van der Waals surface area contributed by atoms with Crippen molar-refractivity contribution < 1.29 is 9.90 Å². The topological polar surface area (TPSA) is 37.3 Å². The summed E-state index contributed by atoms with van der Waals surface area (Å²) < 4.78 is 0.969. The smallest absolute Gasteiger partial charge is 0.307 e. The highest BCUT2D eigenvalue weighted by Gasteiger charge is 1.93. The monoisotopic (exact) mass is 240 g/mol. The molecular weight excluding hydrogens is 232 g/mol. The molecule has 0 saturated carbocycles. The fourth-order valence-electron chi connectivity index (χ4n) is 0.897. The second kappa shape index (κ2) is 4.82. The Bertz CT molecular complexity index is 331. The Kier molecular flexibility index (Phi) is 3.71. The van der Waals surface area contributed by atoms with E-state index in [9.17, 15) is 4.79 Å². The number of hydrogen-bond acceptors (Lipinski definition) is 1. The predicted octanol–water partition coefficient (Wildman–Crippen LogP) is 2.94. The zero-order valence-electron chi connectivity index (χ0n) is 6.90. The minimum absolute atomic E-state index is 0.0569. The molecule has 0 aliphatic carbocycles. The van der Waals surface area contributed by atoms with Crippen molar-refractivity contribution >= 4 is 28.0 Å². The van der Waals surface area contributed by atoms with E-state index in [1.54, 1.807) is 12.2 Å².